The van der Waals surface area contributed by atoms with Gasteiger partial charge in [-0.25, -0.2) is 4.79 Å². The topological polar surface area (TPSA) is 79.1 Å². The highest BCUT2D eigenvalue weighted by Gasteiger charge is 2.08. The summed E-state index contributed by atoms with van der Waals surface area (Å²) in [6, 6.07) is 1.40. The highest BCUT2D eigenvalue weighted by Crippen LogP contribution is 2.10. The minimum atomic E-state index is -0.953. The van der Waals surface area contributed by atoms with Crippen molar-refractivity contribution in [2.75, 3.05) is 5.73 Å². The minimum absolute atomic E-state index is 0.234. The number of nitrogen functional groups attached to an aromatic ring is 1. The zero-order valence-electron chi connectivity index (χ0n) is 5.51. The Morgan fingerprint density at radius 1 is 1.80 bits per heavy atom. The molecule has 0 spiro atoms. The molecule has 10 heavy (non-hydrogen) atoms. The molecule has 54 valence electrons. The van der Waals surface area contributed by atoms with Gasteiger partial charge in [-0.2, -0.15) is 0 Å². The van der Waals surface area contributed by atoms with Gasteiger partial charge >= 0.3 is 5.97 Å². The number of aromatic amines is 1. The van der Waals surface area contributed by atoms with Crippen LogP contribution in [-0.4, -0.2) is 16.1 Å². The fraction of sp³-hybridized carbons (Fsp3) is 0.167. The van der Waals surface area contributed by atoms with Crippen molar-refractivity contribution in [2.24, 2.45) is 0 Å². The van der Waals surface area contributed by atoms with Crippen LogP contribution in [0.25, 0.3) is 0 Å². The zero-order valence-corrected chi connectivity index (χ0v) is 5.51. The number of aromatic carboxylic acids is 1. The lowest BCUT2D eigenvalue weighted by atomic mass is 10.3. The second-order valence-corrected chi connectivity index (χ2v) is 2.07. The standard InChI is InChI=1S/C6H8N2O2/c1-3-4(6(9)10)2-5(7)8-3/h2,8H,7H2,1H3,(H,9,10). The summed E-state index contributed by atoms with van der Waals surface area (Å²) < 4.78 is 0. The molecule has 4 heteroatoms. The maximum atomic E-state index is 10.4. The average molecular weight is 140 g/mol. The number of nitrogens with two attached hydrogens (primary N) is 1. The van der Waals surface area contributed by atoms with Crippen molar-refractivity contribution in [1.29, 1.82) is 0 Å². The quantitative estimate of drug-likeness (QED) is 0.534. The number of aryl methyl sites for hydroxylation is 1. The Hall–Kier alpha value is -1.45. The molecule has 0 bridgehead atoms. The number of hydrogen-bond acceptors (Lipinski definition) is 2. The molecular weight excluding hydrogens is 132 g/mol. The number of carboxylic acid groups (broad SMARTS) is 1. The fourth-order valence-corrected chi connectivity index (χ4v) is 0.806. The van der Waals surface area contributed by atoms with Gasteiger partial charge in [0.05, 0.1) is 5.56 Å². The molecule has 0 aromatic carbocycles. The van der Waals surface area contributed by atoms with Gasteiger partial charge in [-0.05, 0) is 13.0 Å². The molecule has 0 aliphatic rings. The molecule has 4 N–H and O–H groups in total. The number of H-pyrrole nitrogens is 1. The Bertz CT molecular complexity index is 265. The third-order valence-corrected chi connectivity index (χ3v) is 1.27. The first-order chi connectivity index (χ1) is 4.61. The van der Waals surface area contributed by atoms with Crippen molar-refractivity contribution in [3.63, 3.8) is 0 Å². The molecule has 0 radical (unpaired) electrons. The summed E-state index contributed by atoms with van der Waals surface area (Å²) in [5, 5.41) is 8.50. The first-order valence-electron chi connectivity index (χ1n) is 2.79. The minimum Gasteiger partial charge on any atom is -0.478 e. The first-order valence-corrected chi connectivity index (χ1v) is 2.79. The van der Waals surface area contributed by atoms with Crippen molar-refractivity contribution in [3.8, 4) is 0 Å². The molecule has 4 nitrogen and oxygen atoms in total. The molecule has 0 aliphatic heterocycles. The van der Waals surface area contributed by atoms with E-state index in [1.54, 1.807) is 6.92 Å². The van der Waals surface area contributed by atoms with E-state index in [-0.39, 0.29) is 5.56 Å². The van der Waals surface area contributed by atoms with Gasteiger partial charge in [-0.3, -0.25) is 0 Å². The summed E-state index contributed by atoms with van der Waals surface area (Å²) in [4.78, 5) is 13.0. The second kappa shape index (κ2) is 2.06. The Morgan fingerprint density at radius 3 is 2.60 bits per heavy atom. The van der Waals surface area contributed by atoms with E-state index >= 15 is 0 Å². The Kier molecular flexibility index (Phi) is 1.37. The van der Waals surface area contributed by atoms with E-state index in [4.69, 9.17) is 10.8 Å². The van der Waals surface area contributed by atoms with Gasteiger partial charge in [0.25, 0.3) is 0 Å². The molecule has 0 unspecified atom stereocenters. The lowest BCUT2D eigenvalue weighted by molar-refractivity contribution is 0.0696. The maximum Gasteiger partial charge on any atom is 0.337 e. The largest absolute Gasteiger partial charge is 0.478 e. The number of rotatable bonds is 1. The number of anilines is 1. The molecule has 0 fully saturated rings. The third kappa shape index (κ3) is 0.953. The van der Waals surface area contributed by atoms with Crippen LogP contribution in [0.2, 0.25) is 0 Å². The van der Waals surface area contributed by atoms with E-state index in [1.807, 2.05) is 0 Å². The summed E-state index contributed by atoms with van der Waals surface area (Å²) >= 11 is 0. The predicted octanol–water partition coefficient (Wildman–Crippen LogP) is 0.604. The summed E-state index contributed by atoms with van der Waals surface area (Å²) in [7, 11) is 0. The highest BCUT2D eigenvalue weighted by atomic mass is 16.4. The molecule has 1 aromatic rings. The Morgan fingerprint density at radius 2 is 2.40 bits per heavy atom. The lowest BCUT2D eigenvalue weighted by Gasteiger charge is -1.86. The SMILES string of the molecule is Cc1[nH]c(N)cc1C(=O)O. The van der Waals surface area contributed by atoms with Gasteiger partial charge in [-0.15, -0.1) is 0 Å². The number of nitrogens with one attached hydrogen (secondary N) is 1. The van der Waals surface area contributed by atoms with Gasteiger partial charge < -0.3 is 15.8 Å². The summed E-state index contributed by atoms with van der Waals surface area (Å²) in [5.74, 6) is -0.569. The van der Waals surface area contributed by atoms with Gasteiger partial charge in [-0.1, -0.05) is 0 Å². The van der Waals surface area contributed by atoms with Crippen molar-refractivity contribution in [3.05, 3.63) is 17.3 Å². The number of carbonyl (C=O) groups is 1. The van der Waals surface area contributed by atoms with E-state index in [2.05, 4.69) is 4.98 Å². The molecule has 1 rings (SSSR count). The van der Waals surface area contributed by atoms with Crippen LogP contribution in [0.3, 0.4) is 0 Å². The van der Waals surface area contributed by atoms with E-state index in [9.17, 15) is 4.79 Å². The van der Waals surface area contributed by atoms with Crippen LogP contribution < -0.4 is 5.73 Å². The van der Waals surface area contributed by atoms with E-state index in [1.165, 1.54) is 6.07 Å². The molecule has 0 atom stereocenters. The maximum absolute atomic E-state index is 10.4. The third-order valence-electron chi connectivity index (χ3n) is 1.27. The fourth-order valence-electron chi connectivity index (χ4n) is 0.806. The first kappa shape index (κ1) is 6.67. The number of carboxylic acids is 1. The molecule has 1 heterocycles. The molecule has 0 saturated carbocycles. The average Bonchev–Trinajstić information content (AvgIpc) is 2.10. The van der Waals surface area contributed by atoms with Crippen LogP contribution in [0.15, 0.2) is 6.07 Å². The molecule has 0 saturated heterocycles. The van der Waals surface area contributed by atoms with Crippen LogP contribution in [0.1, 0.15) is 16.1 Å². The summed E-state index contributed by atoms with van der Waals surface area (Å²) in [5.41, 5.74) is 6.12. The van der Waals surface area contributed by atoms with Crippen LogP contribution in [-0.2, 0) is 0 Å². The zero-order chi connectivity index (χ0) is 7.72. The summed E-state index contributed by atoms with van der Waals surface area (Å²) in [6.07, 6.45) is 0. The van der Waals surface area contributed by atoms with Crippen LogP contribution in [0.5, 0.6) is 0 Å². The lowest BCUT2D eigenvalue weighted by Crippen LogP contribution is -1.95. The second-order valence-electron chi connectivity index (χ2n) is 2.07. The van der Waals surface area contributed by atoms with Crippen LogP contribution >= 0.6 is 0 Å². The number of hydrogen-bond donors (Lipinski definition) is 3. The van der Waals surface area contributed by atoms with Crippen molar-refractivity contribution < 1.29 is 9.90 Å². The van der Waals surface area contributed by atoms with Crippen molar-refractivity contribution in [1.82, 2.24) is 4.98 Å². The molecule has 0 aliphatic carbocycles. The van der Waals surface area contributed by atoms with E-state index in [0.717, 1.165) is 0 Å². The monoisotopic (exact) mass is 140 g/mol. The number of aromatic nitrogens is 1. The molecular formula is C6H8N2O2. The van der Waals surface area contributed by atoms with Gasteiger partial charge in [0.2, 0.25) is 0 Å². The van der Waals surface area contributed by atoms with Crippen molar-refractivity contribution in [2.45, 2.75) is 6.92 Å². The summed E-state index contributed by atoms with van der Waals surface area (Å²) in [6.45, 7) is 1.67. The van der Waals surface area contributed by atoms with Gasteiger partial charge in [0.15, 0.2) is 0 Å². The van der Waals surface area contributed by atoms with E-state index < -0.39 is 5.97 Å². The molecule has 1 aromatic heterocycles. The van der Waals surface area contributed by atoms with Crippen molar-refractivity contribution >= 4 is 11.8 Å². The smallest absolute Gasteiger partial charge is 0.337 e. The highest BCUT2D eigenvalue weighted by molar-refractivity contribution is 5.90. The van der Waals surface area contributed by atoms with Gasteiger partial charge in [0, 0.05) is 5.69 Å². The van der Waals surface area contributed by atoms with Gasteiger partial charge in [0.1, 0.15) is 5.82 Å². The Labute approximate surface area is 57.7 Å². The van der Waals surface area contributed by atoms with Crippen LogP contribution in [0, 0.1) is 6.92 Å². The Balaban J connectivity index is 3.15. The van der Waals surface area contributed by atoms with E-state index in [0.29, 0.717) is 11.5 Å². The predicted molar refractivity (Wildman–Crippen MR) is 36.9 cm³/mol. The van der Waals surface area contributed by atoms with Crippen LogP contribution in [0.4, 0.5) is 5.82 Å². The molecule has 0 amide bonds. The normalized spacial score (nSPS) is 9.70.